The van der Waals surface area contributed by atoms with Crippen LogP contribution < -0.4 is 0 Å². The summed E-state index contributed by atoms with van der Waals surface area (Å²) in [6, 6.07) is 0. The zero-order valence-corrected chi connectivity index (χ0v) is 4.77. The van der Waals surface area contributed by atoms with Gasteiger partial charge in [-0.15, -0.1) is 0 Å². The van der Waals surface area contributed by atoms with Crippen LogP contribution in [-0.2, 0) is 4.79 Å². The highest BCUT2D eigenvalue weighted by Crippen LogP contribution is 2.15. The Bertz CT molecular complexity index is 105. The maximum absolute atomic E-state index is 10.5. The lowest BCUT2D eigenvalue weighted by molar-refractivity contribution is -0.693. The highest BCUT2D eigenvalue weighted by molar-refractivity contribution is 5.66. The molecule has 0 aromatic rings. The van der Waals surface area contributed by atoms with Crippen LogP contribution in [0.2, 0.25) is 0 Å². The zero-order chi connectivity index (χ0) is 5.49. The molecule has 1 heterocycles. The Morgan fingerprint density at radius 3 is 2.00 bits per heavy atom. The van der Waals surface area contributed by atoms with Crippen molar-refractivity contribution in [3.63, 3.8) is 0 Å². The largest absolute Gasteiger partial charge is 0.310 e. The van der Waals surface area contributed by atoms with E-state index in [0.29, 0.717) is 10.4 Å². The summed E-state index contributed by atoms with van der Waals surface area (Å²) >= 11 is 0. The van der Waals surface area contributed by atoms with E-state index < -0.39 is 0 Å². The molecule has 0 atom stereocenters. The summed E-state index contributed by atoms with van der Waals surface area (Å²) < 4.78 is 0.667. The molecule has 2 heteroatoms. The Labute approximate surface area is 43.3 Å². The molecule has 0 radical (unpaired) electrons. The van der Waals surface area contributed by atoms with Crippen molar-refractivity contribution in [1.29, 1.82) is 0 Å². The fourth-order valence-corrected chi connectivity index (χ4v) is 0.465. The fourth-order valence-electron chi connectivity index (χ4n) is 0.465. The highest BCUT2D eigenvalue weighted by Gasteiger charge is 2.41. The molecule has 1 aliphatic heterocycles. The van der Waals surface area contributed by atoms with Gasteiger partial charge in [0.05, 0.1) is 14.0 Å². The standard InChI is InChI=1S/C5H10NO/c1-5(7)6(2)3-4-6/h3-4H2,1-2H3/q+1. The average molecular weight is 100 g/mol. The van der Waals surface area contributed by atoms with Gasteiger partial charge in [0.2, 0.25) is 0 Å². The number of rotatable bonds is 0. The van der Waals surface area contributed by atoms with Gasteiger partial charge in [-0.05, 0) is 0 Å². The lowest BCUT2D eigenvalue weighted by atomic mass is 10.6. The van der Waals surface area contributed by atoms with Gasteiger partial charge in [-0.3, -0.25) is 4.48 Å². The molecule has 0 unspecified atom stereocenters. The third-order valence-electron chi connectivity index (χ3n) is 1.65. The topological polar surface area (TPSA) is 17.1 Å². The summed E-state index contributed by atoms with van der Waals surface area (Å²) in [7, 11) is 1.96. The minimum atomic E-state index is 0.292. The highest BCUT2D eigenvalue weighted by atomic mass is 16.2. The van der Waals surface area contributed by atoms with Gasteiger partial charge in [0.25, 0.3) is 0 Å². The first kappa shape index (κ1) is 4.78. The molecule has 1 fully saturated rings. The predicted molar refractivity (Wildman–Crippen MR) is 26.6 cm³/mol. The summed E-state index contributed by atoms with van der Waals surface area (Å²) in [4.78, 5) is 10.5. The molecule has 1 aliphatic rings. The van der Waals surface area contributed by atoms with E-state index >= 15 is 0 Å². The van der Waals surface area contributed by atoms with Crippen LogP contribution in [0.25, 0.3) is 0 Å². The van der Waals surface area contributed by atoms with Gasteiger partial charge in [-0.2, -0.15) is 0 Å². The first-order valence-electron chi connectivity index (χ1n) is 2.51. The number of amides is 1. The van der Waals surface area contributed by atoms with E-state index in [2.05, 4.69) is 0 Å². The van der Waals surface area contributed by atoms with Crippen molar-refractivity contribution in [1.82, 2.24) is 0 Å². The first-order chi connectivity index (χ1) is 3.15. The quantitative estimate of drug-likeness (QED) is 0.309. The van der Waals surface area contributed by atoms with E-state index in [1.165, 1.54) is 0 Å². The van der Waals surface area contributed by atoms with Gasteiger partial charge in [0.1, 0.15) is 13.1 Å². The molecule has 0 N–H and O–H groups in total. The number of quaternary nitrogens is 1. The molecule has 0 aliphatic carbocycles. The van der Waals surface area contributed by atoms with Crippen molar-refractivity contribution < 1.29 is 9.28 Å². The summed E-state index contributed by atoms with van der Waals surface area (Å²) in [6.07, 6.45) is 0. The number of carbonyl (C=O) groups excluding carboxylic acids is 1. The molecule has 0 bridgehead atoms. The van der Waals surface area contributed by atoms with Crippen LogP contribution in [0, 0.1) is 0 Å². The van der Waals surface area contributed by atoms with Crippen molar-refractivity contribution in [3.05, 3.63) is 0 Å². The molecule has 40 valence electrons. The maximum Gasteiger partial charge on any atom is 0.310 e. The normalized spacial score (nSPS) is 24.3. The second kappa shape index (κ2) is 1.07. The lowest BCUT2D eigenvalue weighted by Gasteiger charge is -2.01. The Kier molecular flexibility index (Phi) is 0.729. The molecular formula is C5H10NO+. The number of hydrogen-bond donors (Lipinski definition) is 0. The van der Waals surface area contributed by atoms with Crippen molar-refractivity contribution in [3.8, 4) is 0 Å². The van der Waals surface area contributed by atoms with Crippen LogP contribution in [0.1, 0.15) is 6.92 Å². The van der Waals surface area contributed by atoms with Gasteiger partial charge in [0.15, 0.2) is 0 Å². The van der Waals surface area contributed by atoms with Crippen LogP contribution in [0.5, 0.6) is 0 Å². The van der Waals surface area contributed by atoms with Crippen LogP contribution in [-0.4, -0.2) is 30.5 Å². The van der Waals surface area contributed by atoms with Crippen LogP contribution in [0.15, 0.2) is 0 Å². The van der Waals surface area contributed by atoms with E-state index in [4.69, 9.17) is 0 Å². The van der Waals surface area contributed by atoms with Crippen LogP contribution >= 0.6 is 0 Å². The van der Waals surface area contributed by atoms with Crippen LogP contribution in [0.4, 0.5) is 0 Å². The molecule has 1 amide bonds. The van der Waals surface area contributed by atoms with E-state index in [1.54, 1.807) is 6.92 Å². The van der Waals surface area contributed by atoms with Crippen molar-refractivity contribution in [2.45, 2.75) is 6.92 Å². The number of likely N-dealkylation sites (N-methyl/N-ethyl adjacent to an activating group) is 1. The molecule has 2 nitrogen and oxygen atoms in total. The van der Waals surface area contributed by atoms with Crippen molar-refractivity contribution in [2.75, 3.05) is 20.1 Å². The molecule has 0 aromatic heterocycles. The number of hydrogen-bond acceptors (Lipinski definition) is 1. The lowest BCUT2D eigenvalue weighted by Crippen LogP contribution is -2.25. The van der Waals surface area contributed by atoms with E-state index in [0.717, 1.165) is 13.1 Å². The Hall–Kier alpha value is -0.370. The Morgan fingerprint density at radius 1 is 1.57 bits per heavy atom. The van der Waals surface area contributed by atoms with Crippen LogP contribution in [0.3, 0.4) is 0 Å². The third-order valence-corrected chi connectivity index (χ3v) is 1.65. The monoisotopic (exact) mass is 100 g/mol. The zero-order valence-electron chi connectivity index (χ0n) is 4.77. The minimum absolute atomic E-state index is 0.292. The molecule has 0 spiro atoms. The Balaban J connectivity index is 2.55. The Morgan fingerprint density at radius 2 is 2.00 bits per heavy atom. The molecular weight excluding hydrogens is 90.1 g/mol. The van der Waals surface area contributed by atoms with Gasteiger partial charge in [0, 0.05) is 0 Å². The van der Waals surface area contributed by atoms with Crippen molar-refractivity contribution in [2.24, 2.45) is 0 Å². The first-order valence-corrected chi connectivity index (χ1v) is 2.51. The minimum Gasteiger partial charge on any atom is -0.254 e. The van der Waals surface area contributed by atoms with Gasteiger partial charge in [-0.1, -0.05) is 0 Å². The molecule has 0 aromatic carbocycles. The fraction of sp³-hybridized carbons (Fsp3) is 0.800. The summed E-state index contributed by atoms with van der Waals surface area (Å²) in [6.45, 7) is 3.75. The second-order valence-electron chi connectivity index (χ2n) is 2.36. The summed E-state index contributed by atoms with van der Waals surface area (Å²) in [5.74, 6) is 0.292. The van der Waals surface area contributed by atoms with Crippen molar-refractivity contribution >= 4 is 5.91 Å². The van der Waals surface area contributed by atoms with E-state index in [-0.39, 0.29) is 0 Å². The number of carbonyl (C=O) groups is 1. The van der Waals surface area contributed by atoms with E-state index in [1.807, 2.05) is 7.05 Å². The molecule has 1 rings (SSSR count). The SMILES string of the molecule is CC(=O)[N+]1(C)CC1. The van der Waals surface area contributed by atoms with Gasteiger partial charge >= 0.3 is 5.91 Å². The molecule has 7 heavy (non-hydrogen) atoms. The molecule has 0 saturated carbocycles. The maximum atomic E-state index is 10.5. The average Bonchev–Trinajstić information content (AvgIpc) is 2.21. The second-order valence-corrected chi connectivity index (χ2v) is 2.36. The van der Waals surface area contributed by atoms with Gasteiger partial charge < -0.3 is 0 Å². The van der Waals surface area contributed by atoms with Gasteiger partial charge in [-0.25, -0.2) is 4.79 Å². The smallest absolute Gasteiger partial charge is 0.254 e. The number of nitrogens with zero attached hydrogens (tertiary/aromatic N) is 1. The summed E-state index contributed by atoms with van der Waals surface area (Å²) in [5.41, 5.74) is 0. The third kappa shape index (κ3) is 0.657. The predicted octanol–water partition coefficient (Wildman–Crippen LogP) is -0.00690. The summed E-state index contributed by atoms with van der Waals surface area (Å²) in [5, 5.41) is 0. The van der Waals surface area contributed by atoms with E-state index in [9.17, 15) is 4.79 Å². The molecule has 1 saturated heterocycles.